The number of nitrogens with zero attached hydrogens (tertiary/aromatic N) is 1. The lowest BCUT2D eigenvalue weighted by Crippen LogP contribution is -2.22. The van der Waals surface area contributed by atoms with Gasteiger partial charge in [0.25, 0.3) is 0 Å². The van der Waals surface area contributed by atoms with Crippen LogP contribution in [-0.4, -0.2) is 47.7 Å². The second-order valence-electron chi connectivity index (χ2n) is 9.52. The molecule has 12 heteroatoms. The van der Waals surface area contributed by atoms with Crippen LogP contribution in [0, 0.1) is 5.92 Å². The van der Waals surface area contributed by atoms with Gasteiger partial charge in [0, 0.05) is 6.26 Å². The molecule has 1 amide bonds. The lowest BCUT2D eigenvalue weighted by Gasteiger charge is -2.19. The minimum atomic E-state index is -3.36. The monoisotopic (exact) mass is 572 g/mol. The van der Waals surface area contributed by atoms with Gasteiger partial charge < -0.3 is 20.3 Å². The Morgan fingerprint density at radius 2 is 1.72 bits per heavy atom. The number of thiazole rings is 1. The van der Waals surface area contributed by atoms with Gasteiger partial charge in [-0.25, -0.2) is 23.0 Å². The number of aromatic carboxylic acids is 2. The number of amides is 1. The van der Waals surface area contributed by atoms with Crippen molar-refractivity contribution in [2.45, 2.75) is 49.3 Å². The standard InChI is InChI=1S/C27H28N2O8S2/c1-39(35,36)19-10-7-17(8-11-19)20(12-6-16-4-2-3-5-16)24(30)29-27-28-15-23(38-27)37-18-9-13-21(25(31)32)22(14-18)26(33)34/h7-11,13-16,20H,2-6,12H2,1H3,(H,31,32)(H,33,34)(H,28,29,30)/t20-/m1/s1. The first kappa shape index (κ1) is 28.2. The van der Waals surface area contributed by atoms with Crippen LogP contribution in [0.3, 0.4) is 0 Å². The van der Waals surface area contributed by atoms with E-state index in [1.165, 1.54) is 37.2 Å². The van der Waals surface area contributed by atoms with E-state index in [-0.39, 0.29) is 32.3 Å². The van der Waals surface area contributed by atoms with E-state index >= 15 is 0 Å². The Morgan fingerprint density at radius 1 is 1.05 bits per heavy atom. The highest BCUT2D eigenvalue weighted by atomic mass is 32.2. The summed E-state index contributed by atoms with van der Waals surface area (Å²) in [6.45, 7) is 0. The molecular weight excluding hydrogens is 544 g/mol. The molecule has 0 radical (unpaired) electrons. The maximum absolute atomic E-state index is 13.4. The van der Waals surface area contributed by atoms with Gasteiger partial charge in [-0.2, -0.15) is 0 Å². The number of aromatic nitrogens is 1. The molecule has 3 aromatic rings. The summed E-state index contributed by atoms with van der Waals surface area (Å²) in [6, 6.07) is 9.97. The number of benzene rings is 2. The minimum absolute atomic E-state index is 0.110. The second-order valence-corrected chi connectivity index (χ2v) is 12.5. The summed E-state index contributed by atoms with van der Waals surface area (Å²) in [4.78, 5) is 40.4. The van der Waals surface area contributed by atoms with Crippen LogP contribution in [0.1, 0.15) is 70.7 Å². The molecule has 4 rings (SSSR count). The number of ether oxygens (including phenoxy) is 1. The van der Waals surface area contributed by atoms with Crippen molar-refractivity contribution in [2.75, 3.05) is 11.6 Å². The van der Waals surface area contributed by atoms with Crippen molar-refractivity contribution in [1.29, 1.82) is 0 Å². The molecule has 206 valence electrons. The van der Waals surface area contributed by atoms with Crippen molar-refractivity contribution in [1.82, 2.24) is 4.98 Å². The average molecular weight is 573 g/mol. The van der Waals surface area contributed by atoms with Gasteiger partial charge in [-0.3, -0.25) is 4.79 Å². The van der Waals surface area contributed by atoms with Crippen LogP contribution in [0.2, 0.25) is 0 Å². The summed E-state index contributed by atoms with van der Waals surface area (Å²) in [6.07, 6.45) is 8.68. The molecule has 0 bridgehead atoms. The zero-order chi connectivity index (χ0) is 28.2. The summed E-state index contributed by atoms with van der Waals surface area (Å²) >= 11 is 1.03. The van der Waals surface area contributed by atoms with E-state index in [4.69, 9.17) is 4.74 Å². The molecule has 1 atom stereocenters. The van der Waals surface area contributed by atoms with Gasteiger partial charge in [0.05, 0.1) is 28.1 Å². The largest absolute Gasteiger partial charge is 0.478 e. The lowest BCUT2D eigenvalue weighted by atomic mass is 9.89. The average Bonchev–Trinajstić information content (AvgIpc) is 3.56. The van der Waals surface area contributed by atoms with Gasteiger partial charge in [-0.15, -0.1) is 0 Å². The van der Waals surface area contributed by atoms with Crippen molar-refractivity contribution in [3.63, 3.8) is 0 Å². The normalized spacial score (nSPS) is 14.6. The number of hydrogen-bond donors (Lipinski definition) is 3. The number of carboxylic acid groups (broad SMARTS) is 2. The number of sulfone groups is 1. The second kappa shape index (κ2) is 12.0. The van der Waals surface area contributed by atoms with Gasteiger partial charge in [0.2, 0.25) is 11.0 Å². The lowest BCUT2D eigenvalue weighted by molar-refractivity contribution is -0.117. The van der Waals surface area contributed by atoms with E-state index in [1.54, 1.807) is 12.1 Å². The third-order valence-electron chi connectivity index (χ3n) is 6.75. The van der Waals surface area contributed by atoms with Crippen LogP contribution in [-0.2, 0) is 14.6 Å². The van der Waals surface area contributed by atoms with E-state index in [9.17, 15) is 33.0 Å². The predicted octanol–water partition coefficient (Wildman–Crippen LogP) is 5.43. The maximum Gasteiger partial charge on any atom is 0.336 e. The molecule has 2 aromatic carbocycles. The minimum Gasteiger partial charge on any atom is -0.478 e. The molecule has 1 heterocycles. The number of carboxylic acids is 2. The van der Waals surface area contributed by atoms with E-state index in [2.05, 4.69) is 10.3 Å². The van der Waals surface area contributed by atoms with Gasteiger partial charge in [0.15, 0.2) is 15.0 Å². The van der Waals surface area contributed by atoms with Crippen molar-refractivity contribution in [2.24, 2.45) is 5.92 Å². The topological polar surface area (TPSA) is 160 Å². The van der Waals surface area contributed by atoms with Gasteiger partial charge >= 0.3 is 11.9 Å². The highest BCUT2D eigenvalue weighted by molar-refractivity contribution is 7.90. The molecule has 0 spiro atoms. The molecule has 1 aromatic heterocycles. The first-order valence-electron chi connectivity index (χ1n) is 12.4. The SMILES string of the molecule is CS(=O)(=O)c1ccc([C@@H](CCC2CCCC2)C(=O)Nc2ncc(Oc3ccc(C(=O)O)c(C(=O)O)c3)s2)cc1. The number of carbonyl (C=O) groups excluding carboxylic acids is 1. The third-order valence-corrected chi connectivity index (χ3v) is 8.67. The van der Waals surface area contributed by atoms with Crippen molar-refractivity contribution in [3.05, 3.63) is 65.4 Å². The van der Waals surface area contributed by atoms with Crippen LogP contribution in [0.5, 0.6) is 10.8 Å². The molecule has 0 saturated heterocycles. The van der Waals surface area contributed by atoms with Crippen molar-refractivity contribution in [3.8, 4) is 10.8 Å². The Labute approximate surface area is 229 Å². The first-order valence-corrected chi connectivity index (χ1v) is 15.1. The fraction of sp³-hybridized carbons (Fsp3) is 0.333. The molecule has 0 unspecified atom stereocenters. The molecular formula is C27H28N2O8S2. The predicted molar refractivity (Wildman–Crippen MR) is 145 cm³/mol. The molecule has 1 aliphatic carbocycles. The van der Waals surface area contributed by atoms with E-state index < -0.39 is 33.3 Å². The van der Waals surface area contributed by atoms with Crippen molar-refractivity contribution < 1.29 is 37.8 Å². The summed E-state index contributed by atoms with van der Waals surface area (Å²) in [7, 11) is -3.36. The molecule has 39 heavy (non-hydrogen) atoms. The van der Waals surface area contributed by atoms with Gasteiger partial charge in [0.1, 0.15) is 5.75 Å². The fourth-order valence-electron chi connectivity index (χ4n) is 4.72. The summed E-state index contributed by atoms with van der Waals surface area (Å²) in [5, 5.41) is 21.9. The maximum atomic E-state index is 13.4. The Hall–Kier alpha value is -3.77. The Balaban J connectivity index is 1.49. The molecule has 1 fully saturated rings. The molecule has 0 aliphatic heterocycles. The van der Waals surface area contributed by atoms with Crippen LogP contribution in [0.25, 0.3) is 0 Å². The van der Waals surface area contributed by atoms with E-state index in [0.29, 0.717) is 17.9 Å². The molecule has 1 aliphatic rings. The number of rotatable bonds is 11. The Morgan fingerprint density at radius 3 is 2.33 bits per heavy atom. The first-order chi connectivity index (χ1) is 18.5. The number of nitrogens with one attached hydrogen (secondary N) is 1. The van der Waals surface area contributed by atoms with Crippen LogP contribution in [0.15, 0.2) is 53.6 Å². The van der Waals surface area contributed by atoms with E-state index in [0.717, 1.165) is 49.0 Å². The zero-order valence-corrected chi connectivity index (χ0v) is 22.8. The van der Waals surface area contributed by atoms with Crippen LogP contribution < -0.4 is 10.1 Å². The smallest absolute Gasteiger partial charge is 0.336 e. The highest BCUT2D eigenvalue weighted by Gasteiger charge is 2.25. The third kappa shape index (κ3) is 7.21. The number of hydrogen-bond acceptors (Lipinski definition) is 8. The molecule has 10 nitrogen and oxygen atoms in total. The van der Waals surface area contributed by atoms with Gasteiger partial charge in [-0.05, 0) is 54.7 Å². The summed E-state index contributed by atoms with van der Waals surface area (Å²) in [5.41, 5.74) is -0.0593. The van der Waals surface area contributed by atoms with Crippen molar-refractivity contribution >= 4 is 44.2 Å². The fourth-order valence-corrected chi connectivity index (χ4v) is 6.04. The van der Waals surface area contributed by atoms with E-state index in [1.807, 2.05) is 0 Å². The summed E-state index contributed by atoms with van der Waals surface area (Å²) in [5.74, 6) is -2.87. The number of anilines is 1. The van der Waals surface area contributed by atoms with Crippen LogP contribution >= 0.6 is 11.3 Å². The zero-order valence-electron chi connectivity index (χ0n) is 21.1. The molecule has 1 saturated carbocycles. The quantitative estimate of drug-likeness (QED) is 0.272. The van der Waals surface area contributed by atoms with Gasteiger partial charge in [-0.1, -0.05) is 49.2 Å². The Kier molecular flexibility index (Phi) is 8.66. The Bertz CT molecular complexity index is 1480. The summed E-state index contributed by atoms with van der Waals surface area (Å²) < 4.78 is 29.4. The van der Waals surface area contributed by atoms with Crippen LogP contribution in [0.4, 0.5) is 5.13 Å². The highest BCUT2D eigenvalue weighted by Crippen LogP contribution is 2.35. The molecule has 3 N–H and O–H groups in total. The number of carbonyl (C=O) groups is 3.